The number of nitrogens with zero attached hydrogens (tertiary/aromatic N) is 1. The van der Waals surface area contributed by atoms with Crippen LogP contribution in [0.4, 0.5) is 0 Å². The smallest absolute Gasteiger partial charge is 0.251 e. The molecule has 0 aromatic heterocycles. The van der Waals surface area contributed by atoms with Crippen LogP contribution in [0.1, 0.15) is 53.7 Å². The molecule has 1 atom stereocenters. The highest BCUT2D eigenvalue weighted by Gasteiger charge is 2.20. The summed E-state index contributed by atoms with van der Waals surface area (Å²) in [6, 6.07) is 15.0. The Kier molecular flexibility index (Phi) is 5.94. The van der Waals surface area contributed by atoms with Gasteiger partial charge >= 0.3 is 0 Å². The lowest BCUT2D eigenvalue weighted by atomic mass is 10.0. The number of halogens is 1. The largest absolute Gasteiger partial charge is 0.345 e. The van der Waals surface area contributed by atoms with Gasteiger partial charge in [0.2, 0.25) is 5.91 Å². The van der Waals surface area contributed by atoms with Crippen LogP contribution in [0.3, 0.4) is 0 Å². The third kappa shape index (κ3) is 4.44. The van der Waals surface area contributed by atoms with E-state index in [0.717, 1.165) is 30.5 Å². The zero-order valence-corrected chi connectivity index (χ0v) is 15.6. The fourth-order valence-corrected chi connectivity index (χ4v) is 3.34. The summed E-state index contributed by atoms with van der Waals surface area (Å²) >= 11 is 5.93. The lowest BCUT2D eigenvalue weighted by Gasteiger charge is -2.18. The number of carbonyl (C=O) groups is 2. The van der Waals surface area contributed by atoms with E-state index in [4.69, 9.17) is 11.6 Å². The first kappa shape index (κ1) is 18.5. The minimum atomic E-state index is -0.101. The quantitative estimate of drug-likeness (QED) is 0.822. The molecule has 1 N–H and O–H groups in total. The number of hydrogen-bond donors (Lipinski definition) is 1. The molecule has 4 nitrogen and oxygen atoms in total. The molecule has 0 spiro atoms. The second-order valence-corrected chi connectivity index (χ2v) is 7.04. The molecular weight excluding hydrogens is 348 g/mol. The van der Waals surface area contributed by atoms with Crippen molar-refractivity contribution in [3.63, 3.8) is 0 Å². The van der Waals surface area contributed by atoms with Gasteiger partial charge in [-0.2, -0.15) is 0 Å². The van der Waals surface area contributed by atoms with Crippen LogP contribution in [0.5, 0.6) is 0 Å². The van der Waals surface area contributed by atoms with Gasteiger partial charge in [-0.25, -0.2) is 0 Å². The van der Waals surface area contributed by atoms with Crippen LogP contribution < -0.4 is 5.32 Å². The van der Waals surface area contributed by atoms with Crippen LogP contribution in [0.15, 0.2) is 48.5 Å². The van der Waals surface area contributed by atoms with Crippen LogP contribution in [-0.4, -0.2) is 23.3 Å². The lowest BCUT2D eigenvalue weighted by Crippen LogP contribution is -2.28. The number of hydrogen-bond acceptors (Lipinski definition) is 2. The van der Waals surface area contributed by atoms with Crippen molar-refractivity contribution in [1.82, 2.24) is 10.2 Å². The molecule has 0 aliphatic carbocycles. The van der Waals surface area contributed by atoms with Gasteiger partial charge in [-0.3, -0.25) is 9.59 Å². The summed E-state index contributed by atoms with van der Waals surface area (Å²) in [7, 11) is 0. The third-order valence-corrected chi connectivity index (χ3v) is 5.00. The first-order valence-electron chi connectivity index (χ1n) is 9.00. The van der Waals surface area contributed by atoms with Gasteiger partial charge in [-0.15, -0.1) is 0 Å². The normalized spacial score (nSPS) is 15.2. The Balaban J connectivity index is 1.63. The molecule has 1 saturated heterocycles. The minimum absolute atomic E-state index is 0.0540. The Morgan fingerprint density at radius 1 is 1.15 bits per heavy atom. The van der Waals surface area contributed by atoms with Gasteiger partial charge in [0.25, 0.3) is 5.91 Å². The highest BCUT2D eigenvalue weighted by Crippen LogP contribution is 2.20. The molecule has 2 aromatic rings. The van der Waals surface area contributed by atoms with E-state index in [1.165, 1.54) is 0 Å². The Hall–Kier alpha value is -2.33. The molecule has 1 heterocycles. The monoisotopic (exact) mass is 370 g/mol. The molecule has 3 rings (SSSR count). The van der Waals surface area contributed by atoms with Crippen LogP contribution in [0, 0.1) is 0 Å². The molecule has 1 aliphatic rings. The second kappa shape index (κ2) is 8.37. The summed E-state index contributed by atoms with van der Waals surface area (Å²) in [5, 5.41) is 3.75. The zero-order valence-electron chi connectivity index (χ0n) is 14.9. The van der Waals surface area contributed by atoms with E-state index in [-0.39, 0.29) is 17.9 Å². The van der Waals surface area contributed by atoms with E-state index in [0.29, 0.717) is 23.6 Å². The predicted octanol–water partition coefficient (Wildman–Crippen LogP) is 4.34. The summed E-state index contributed by atoms with van der Waals surface area (Å²) in [4.78, 5) is 26.1. The van der Waals surface area contributed by atoms with Gasteiger partial charge in [0.15, 0.2) is 0 Å². The molecular formula is C21H23ClN2O2. The summed E-state index contributed by atoms with van der Waals surface area (Å²) < 4.78 is 0. The molecule has 1 unspecified atom stereocenters. The van der Waals surface area contributed by atoms with Gasteiger partial charge in [0.1, 0.15) is 0 Å². The highest BCUT2D eigenvalue weighted by atomic mass is 35.5. The Bertz CT molecular complexity index is 772. The molecule has 5 heteroatoms. The van der Waals surface area contributed by atoms with Crippen molar-refractivity contribution < 1.29 is 9.59 Å². The predicted molar refractivity (Wildman–Crippen MR) is 103 cm³/mol. The first-order valence-corrected chi connectivity index (χ1v) is 9.37. The second-order valence-electron chi connectivity index (χ2n) is 6.60. The van der Waals surface area contributed by atoms with Crippen LogP contribution in [0.25, 0.3) is 0 Å². The van der Waals surface area contributed by atoms with Crippen molar-refractivity contribution in [2.45, 2.75) is 38.8 Å². The third-order valence-electron chi connectivity index (χ3n) is 4.75. The SMILES string of the molecule is CCC(NC(=O)c1ccc(CN2CCCC2=O)cc1)c1ccc(Cl)cc1. The fourth-order valence-electron chi connectivity index (χ4n) is 3.21. The average Bonchev–Trinajstić information content (AvgIpc) is 3.05. The van der Waals surface area contributed by atoms with Crippen molar-refractivity contribution in [1.29, 1.82) is 0 Å². The Morgan fingerprint density at radius 3 is 2.42 bits per heavy atom. The molecule has 2 aromatic carbocycles. The van der Waals surface area contributed by atoms with E-state index in [9.17, 15) is 9.59 Å². The molecule has 1 fully saturated rings. The van der Waals surface area contributed by atoms with Gasteiger partial charge in [-0.1, -0.05) is 42.8 Å². The van der Waals surface area contributed by atoms with Gasteiger partial charge in [-0.05, 0) is 48.2 Å². The summed E-state index contributed by atoms with van der Waals surface area (Å²) in [6.45, 7) is 3.47. The number of nitrogens with one attached hydrogen (secondary N) is 1. The maximum absolute atomic E-state index is 12.6. The number of likely N-dealkylation sites (tertiary alicyclic amines) is 1. The van der Waals surface area contributed by atoms with E-state index in [1.54, 1.807) is 0 Å². The summed E-state index contributed by atoms with van der Waals surface area (Å²) in [6.07, 6.45) is 2.37. The molecule has 2 amide bonds. The molecule has 136 valence electrons. The minimum Gasteiger partial charge on any atom is -0.345 e. The number of carbonyl (C=O) groups excluding carboxylic acids is 2. The molecule has 0 radical (unpaired) electrons. The summed E-state index contributed by atoms with van der Waals surface area (Å²) in [5.41, 5.74) is 2.70. The molecule has 0 bridgehead atoms. The standard InChI is InChI=1S/C21H23ClN2O2/c1-2-19(16-9-11-18(22)12-10-16)23-21(26)17-7-5-15(6-8-17)14-24-13-3-4-20(24)25/h5-12,19H,2-4,13-14H2,1H3,(H,23,26). The van der Waals surface area contributed by atoms with Crippen LogP contribution in [-0.2, 0) is 11.3 Å². The van der Waals surface area contributed by atoms with E-state index in [1.807, 2.05) is 60.4 Å². The van der Waals surface area contributed by atoms with Crippen molar-refractivity contribution in [3.05, 3.63) is 70.2 Å². The Labute approximate surface area is 159 Å². The topological polar surface area (TPSA) is 49.4 Å². The number of benzene rings is 2. The van der Waals surface area contributed by atoms with E-state index >= 15 is 0 Å². The van der Waals surface area contributed by atoms with Gasteiger partial charge in [0, 0.05) is 30.1 Å². The fraction of sp³-hybridized carbons (Fsp3) is 0.333. The van der Waals surface area contributed by atoms with Crippen molar-refractivity contribution >= 4 is 23.4 Å². The number of rotatable bonds is 6. The van der Waals surface area contributed by atoms with Crippen LogP contribution >= 0.6 is 11.6 Å². The maximum Gasteiger partial charge on any atom is 0.251 e. The van der Waals surface area contributed by atoms with Crippen molar-refractivity contribution in [2.24, 2.45) is 0 Å². The average molecular weight is 371 g/mol. The van der Waals surface area contributed by atoms with E-state index in [2.05, 4.69) is 5.32 Å². The lowest BCUT2D eigenvalue weighted by molar-refractivity contribution is -0.128. The van der Waals surface area contributed by atoms with Crippen molar-refractivity contribution in [2.75, 3.05) is 6.54 Å². The van der Waals surface area contributed by atoms with Gasteiger partial charge in [0.05, 0.1) is 6.04 Å². The summed E-state index contributed by atoms with van der Waals surface area (Å²) in [5.74, 6) is 0.108. The van der Waals surface area contributed by atoms with Gasteiger partial charge < -0.3 is 10.2 Å². The highest BCUT2D eigenvalue weighted by molar-refractivity contribution is 6.30. The number of amides is 2. The first-order chi connectivity index (χ1) is 12.6. The zero-order chi connectivity index (χ0) is 18.5. The van der Waals surface area contributed by atoms with Crippen LogP contribution in [0.2, 0.25) is 5.02 Å². The molecule has 26 heavy (non-hydrogen) atoms. The Morgan fingerprint density at radius 2 is 1.85 bits per heavy atom. The molecule has 1 aliphatic heterocycles. The van der Waals surface area contributed by atoms with Crippen molar-refractivity contribution in [3.8, 4) is 0 Å². The van der Waals surface area contributed by atoms with E-state index < -0.39 is 0 Å². The molecule has 0 saturated carbocycles. The maximum atomic E-state index is 12.6.